The van der Waals surface area contributed by atoms with Crippen LogP contribution in [0.25, 0.3) is 0 Å². The second-order valence-corrected chi connectivity index (χ2v) is 7.53. The molecule has 4 unspecified atom stereocenters. The minimum atomic E-state index is -0.437. The zero-order valence-corrected chi connectivity index (χ0v) is 12.9. The molecule has 0 aromatic heterocycles. The number of carbonyl (C=O) groups excluding carboxylic acids is 1. The summed E-state index contributed by atoms with van der Waals surface area (Å²) in [6.45, 7) is 3.52. The molecule has 0 bridgehead atoms. The number of nitrogens with one attached hydrogen (secondary N) is 1. The summed E-state index contributed by atoms with van der Waals surface area (Å²) in [5.41, 5.74) is 5.32. The van der Waals surface area contributed by atoms with Gasteiger partial charge in [0.2, 0.25) is 5.91 Å². The predicted octanol–water partition coefficient (Wildman–Crippen LogP) is 1.49. The Morgan fingerprint density at radius 2 is 2.10 bits per heavy atom. The van der Waals surface area contributed by atoms with E-state index in [1.165, 1.54) is 32.2 Å². The van der Waals surface area contributed by atoms with E-state index in [1.54, 1.807) is 0 Å². The van der Waals surface area contributed by atoms with Crippen LogP contribution in [-0.2, 0) is 4.79 Å². The molecule has 20 heavy (non-hydrogen) atoms. The first-order valence-corrected chi connectivity index (χ1v) is 8.28. The topological polar surface area (TPSA) is 58.4 Å². The van der Waals surface area contributed by atoms with Crippen molar-refractivity contribution in [2.75, 3.05) is 13.6 Å². The van der Waals surface area contributed by atoms with Crippen LogP contribution in [-0.4, -0.2) is 42.0 Å². The van der Waals surface area contributed by atoms with Crippen LogP contribution in [0.3, 0.4) is 0 Å². The average Bonchev–Trinajstić information content (AvgIpc) is 3.31. The summed E-state index contributed by atoms with van der Waals surface area (Å²) < 4.78 is 0. The maximum atomic E-state index is 12.0. The molecular formula is C16H29N3O. The fourth-order valence-electron chi connectivity index (χ4n) is 3.84. The van der Waals surface area contributed by atoms with Crippen LogP contribution in [0, 0.1) is 11.8 Å². The molecule has 4 atom stereocenters. The number of amides is 1. The zero-order valence-electron chi connectivity index (χ0n) is 12.9. The molecule has 3 fully saturated rings. The van der Waals surface area contributed by atoms with Crippen molar-refractivity contribution >= 4 is 5.91 Å². The van der Waals surface area contributed by atoms with Gasteiger partial charge in [0.15, 0.2) is 0 Å². The normalized spacial score (nSPS) is 40.9. The predicted molar refractivity (Wildman–Crippen MR) is 80.2 cm³/mol. The van der Waals surface area contributed by atoms with E-state index >= 15 is 0 Å². The van der Waals surface area contributed by atoms with Gasteiger partial charge in [-0.25, -0.2) is 0 Å². The summed E-state index contributed by atoms with van der Waals surface area (Å²) in [7, 11) is 2.23. The minimum absolute atomic E-state index is 0.137. The fourth-order valence-corrected chi connectivity index (χ4v) is 3.84. The summed E-state index contributed by atoms with van der Waals surface area (Å²) in [5.74, 6) is 1.63. The van der Waals surface area contributed by atoms with Crippen molar-refractivity contribution < 1.29 is 4.79 Å². The van der Waals surface area contributed by atoms with Crippen molar-refractivity contribution in [2.45, 2.75) is 69.5 Å². The maximum Gasteiger partial charge on any atom is 0.237 e. The number of carbonyl (C=O) groups is 1. The number of hydrogen-bond acceptors (Lipinski definition) is 3. The summed E-state index contributed by atoms with van der Waals surface area (Å²) in [6.07, 6.45) is 7.92. The molecule has 0 aromatic rings. The van der Waals surface area contributed by atoms with Crippen molar-refractivity contribution in [3.8, 4) is 0 Å². The molecule has 0 heterocycles. The monoisotopic (exact) mass is 279 g/mol. The molecule has 114 valence electrons. The first kappa shape index (κ1) is 14.3. The van der Waals surface area contributed by atoms with Crippen LogP contribution >= 0.6 is 0 Å². The third-order valence-corrected chi connectivity index (χ3v) is 5.68. The lowest BCUT2D eigenvalue weighted by Crippen LogP contribution is -2.61. The molecule has 3 rings (SSSR count). The molecule has 3 aliphatic carbocycles. The zero-order chi connectivity index (χ0) is 14.3. The van der Waals surface area contributed by atoms with Gasteiger partial charge in [-0.3, -0.25) is 4.79 Å². The Balaban J connectivity index is 1.62. The second kappa shape index (κ2) is 5.30. The molecule has 3 N–H and O–H groups in total. The standard InChI is InChI=1S/C16H29N3O/c1-11-8-12(11)10-19(2)14-4-3-7-16(9-14,15(17)20)18-13-5-6-13/h11-14,18H,3-10H2,1-2H3,(H2,17,20). The third kappa shape index (κ3) is 3.01. The van der Waals surface area contributed by atoms with Gasteiger partial charge in [0.1, 0.15) is 0 Å². The summed E-state index contributed by atoms with van der Waals surface area (Å²) in [4.78, 5) is 14.5. The van der Waals surface area contributed by atoms with Gasteiger partial charge in [-0.15, -0.1) is 0 Å². The van der Waals surface area contributed by atoms with Gasteiger partial charge in [-0.1, -0.05) is 6.92 Å². The number of rotatable bonds is 6. The third-order valence-electron chi connectivity index (χ3n) is 5.68. The quantitative estimate of drug-likeness (QED) is 0.774. The van der Waals surface area contributed by atoms with Crippen molar-refractivity contribution in [3.63, 3.8) is 0 Å². The summed E-state index contributed by atoms with van der Waals surface area (Å²) >= 11 is 0. The molecule has 0 aliphatic heterocycles. The molecule has 3 saturated carbocycles. The molecule has 4 heteroatoms. The lowest BCUT2D eigenvalue weighted by Gasteiger charge is -2.42. The van der Waals surface area contributed by atoms with Crippen LogP contribution in [0.1, 0.15) is 51.9 Å². The molecule has 1 amide bonds. The molecule has 4 nitrogen and oxygen atoms in total. The van der Waals surface area contributed by atoms with Crippen molar-refractivity contribution in [1.29, 1.82) is 0 Å². The highest BCUT2D eigenvalue weighted by molar-refractivity contribution is 5.85. The first-order valence-electron chi connectivity index (χ1n) is 8.28. The van der Waals surface area contributed by atoms with E-state index in [9.17, 15) is 4.79 Å². The van der Waals surface area contributed by atoms with Gasteiger partial charge in [0, 0.05) is 18.6 Å². The highest BCUT2D eigenvalue weighted by Gasteiger charge is 2.46. The molecule has 3 aliphatic rings. The highest BCUT2D eigenvalue weighted by Crippen LogP contribution is 2.40. The van der Waals surface area contributed by atoms with Crippen molar-refractivity contribution in [1.82, 2.24) is 10.2 Å². The minimum Gasteiger partial charge on any atom is -0.368 e. The van der Waals surface area contributed by atoms with Crippen LogP contribution in [0.15, 0.2) is 0 Å². The van der Waals surface area contributed by atoms with E-state index < -0.39 is 5.54 Å². The molecular weight excluding hydrogens is 250 g/mol. The number of nitrogens with two attached hydrogens (primary N) is 1. The Labute approximate surface area is 122 Å². The Morgan fingerprint density at radius 3 is 2.65 bits per heavy atom. The summed E-state index contributed by atoms with van der Waals surface area (Å²) in [5, 5.41) is 3.57. The maximum absolute atomic E-state index is 12.0. The first-order chi connectivity index (χ1) is 9.50. The Kier molecular flexibility index (Phi) is 3.80. The SMILES string of the molecule is CC1CC1CN(C)C1CCCC(NC2CC2)(C(N)=O)C1. The number of primary amides is 1. The lowest BCUT2D eigenvalue weighted by atomic mass is 9.77. The van der Waals surface area contributed by atoms with Gasteiger partial charge >= 0.3 is 0 Å². The lowest BCUT2D eigenvalue weighted by molar-refractivity contribution is -0.126. The van der Waals surface area contributed by atoms with E-state index in [2.05, 4.69) is 24.2 Å². The Bertz CT molecular complexity index is 382. The van der Waals surface area contributed by atoms with Crippen molar-refractivity contribution in [3.05, 3.63) is 0 Å². The van der Waals surface area contributed by atoms with Crippen LogP contribution < -0.4 is 11.1 Å². The van der Waals surface area contributed by atoms with Gasteiger partial charge in [0.25, 0.3) is 0 Å². The van der Waals surface area contributed by atoms with Crippen LogP contribution in [0.5, 0.6) is 0 Å². The largest absolute Gasteiger partial charge is 0.368 e. The molecule has 0 radical (unpaired) electrons. The van der Waals surface area contributed by atoms with Crippen LogP contribution in [0.4, 0.5) is 0 Å². The van der Waals surface area contributed by atoms with Gasteiger partial charge in [0.05, 0.1) is 5.54 Å². The number of nitrogens with zero attached hydrogens (tertiary/aromatic N) is 1. The van der Waals surface area contributed by atoms with Gasteiger partial charge in [-0.05, 0) is 63.8 Å². The van der Waals surface area contributed by atoms with Gasteiger partial charge in [-0.2, -0.15) is 0 Å². The smallest absolute Gasteiger partial charge is 0.237 e. The Morgan fingerprint density at radius 1 is 1.40 bits per heavy atom. The Hall–Kier alpha value is -0.610. The molecule has 0 saturated heterocycles. The van der Waals surface area contributed by atoms with Crippen molar-refractivity contribution in [2.24, 2.45) is 17.6 Å². The second-order valence-electron chi connectivity index (χ2n) is 7.53. The molecule has 0 spiro atoms. The number of hydrogen-bond donors (Lipinski definition) is 2. The fraction of sp³-hybridized carbons (Fsp3) is 0.938. The van der Waals surface area contributed by atoms with E-state index in [4.69, 9.17) is 5.73 Å². The van der Waals surface area contributed by atoms with Gasteiger partial charge < -0.3 is 16.0 Å². The highest BCUT2D eigenvalue weighted by atomic mass is 16.1. The molecule has 0 aromatic carbocycles. The van der Waals surface area contributed by atoms with E-state index in [0.717, 1.165) is 31.1 Å². The summed E-state index contributed by atoms with van der Waals surface area (Å²) in [6, 6.07) is 1.05. The van der Waals surface area contributed by atoms with E-state index in [1.807, 2.05) is 0 Å². The van der Waals surface area contributed by atoms with E-state index in [-0.39, 0.29) is 5.91 Å². The average molecular weight is 279 g/mol. The van der Waals surface area contributed by atoms with E-state index in [0.29, 0.717) is 12.1 Å². The van der Waals surface area contributed by atoms with Crippen LogP contribution in [0.2, 0.25) is 0 Å².